The van der Waals surface area contributed by atoms with E-state index in [4.69, 9.17) is 0 Å². The molecule has 96 valence electrons. The maximum atomic E-state index is 11.6. The van der Waals surface area contributed by atoms with Gasteiger partial charge < -0.3 is 5.32 Å². The molecule has 1 aromatic heterocycles. The molecule has 2 amide bonds. The molecule has 0 bridgehead atoms. The average molecular weight is 253 g/mol. The van der Waals surface area contributed by atoms with Crippen LogP contribution in [0.5, 0.6) is 0 Å². The quantitative estimate of drug-likeness (QED) is 0.882. The summed E-state index contributed by atoms with van der Waals surface area (Å²) in [5.74, 6) is 0.524. The van der Waals surface area contributed by atoms with Crippen molar-refractivity contribution < 1.29 is 4.79 Å². The van der Waals surface area contributed by atoms with E-state index in [2.05, 4.69) is 15.6 Å². The van der Waals surface area contributed by atoms with Gasteiger partial charge in [0.1, 0.15) is 5.82 Å². The van der Waals surface area contributed by atoms with Gasteiger partial charge >= 0.3 is 6.03 Å². The Morgan fingerprint density at radius 3 is 2.63 bits per heavy atom. The van der Waals surface area contributed by atoms with Crippen molar-refractivity contribution >= 4 is 17.9 Å². The molecule has 0 saturated heterocycles. The van der Waals surface area contributed by atoms with Crippen LogP contribution in [-0.4, -0.2) is 11.0 Å². The molecule has 0 atom stereocenters. The van der Waals surface area contributed by atoms with Gasteiger partial charge in [0.15, 0.2) is 0 Å². The topological polar surface area (TPSA) is 54.0 Å². The molecule has 0 aliphatic carbocycles. The van der Waals surface area contributed by atoms with Crippen LogP contribution in [-0.2, 0) is 0 Å². The van der Waals surface area contributed by atoms with Crippen molar-refractivity contribution in [1.29, 1.82) is 0 Å². The largest absolute Gasteiger partial charge is 0.324 e. The zero-order valence-corrected chi connectivity index (χ0v) is 10.6. The number of amides is 2. The summed E-state index contributed by atoms with van der Waals surface area (Å²) in [6.07, 6.45) is 5.12. The van der Waals surface area contributed by atoms with E-state index in [1.807, 2.05) is 49.4 Å². The van der Waals surface area contributed by atoms with Crippen molar-refractivity contribution in [3.63, 3.8) is 0 Å². The molecule has 0 saturated carbocycles. The summed E-state index contributed by atoms with van der Waals surface area (Å²) >= 11 is 0. The number of nitrogens with one attached hydrogen (secondary N) is 2. The standard InChI is InChI=1S/C15H15N3O/c1-12-7-8-14(17-11-12)18-15(19)16-10-9-13-5-3-2-4-6-13/h2-11H,1H3,(H2,16,17,18,19)/b10-9+. The molecular formula is C15H15N3O. The highest BCUT2D eigenvalue weighted by atomic mass is 16.2. The van der Waals surface area contributed by atoms with Crippen LogP contribution >= 0.6 is 0 Å². The predicted molar refractivity (Wildman–Crippen MR) is 76.6 cm³/mol. The van der Waals surface area contributed by atoms with E-state index in [1.54, 1.807) is 18.5 Å². The first kappa shape index (κ1) is 12.8. The summed E-state index contributed by atoms with van der Waals surface area (Å²) in [7, 11) is 0. The lowest BCUT2D eigenvalue weighted by Gasteiger charge is -2.03. The van der Waals surface area contributed by atoms with Gasteiger partial charge in [-0.3, -0.25) is 5.32 Å². The zero-order chi connectivity index (χ0) is 13.5. The Morgan fingerprint density at radius 1 is 1.16 bits per heavy atom. The number of aromatic nitrogens is 1. The molecule has 2 aromatic rings. The molecule has 1 heterocycles. The lowest BCUT2D eigenvalue weighted by Crippen LogP contribution is -2.24. The fourth-order valence-corrected chi connectivity index (χ4v) is 1.47. The van der Waals surface area contributed by atoms with Crippen LogP contribution in [0.4, 0.5) is 10.6 Å². The number of carbonyl (C=O) groups excluding carboxylic acids is 1. The zero-order valence-electron chi connectivity index (χ0n) is 10.6. The second-order valence-electron chi connectivity index (χ2n) is 4.06. The maximum Gasteiger partial charge on any atom is 0.324 e. The van der Waals surface area contributed by atoms with Gasteiger partial charge in [0.25, 0.3) is 0 Å². The van der Waals surface area contributed by atoms with Crippen LogP contribution in [0.1, 0.15) is 11.1 Å². The monoisotopic (exact) mass is 253 g/mol. The fourth-order valence-electron chi connectivity index (χ4n) is 1.47. The molecule has 2 N–H and O–H groups in total. The Labute approximate surface area is 112 Å². The number of anilines is 1. The molecule has 4 heteroatoms. The summed E-state index contributed by atoms with van der Waals surface area (Å²) < 4.78 is 0. The Morgan fingerprint density at radius 2 is 1.95 bits per heavy atom. The summed E-state index contributed by atoms with van der Waals surface area (Å²) in [5, 5.41) is 5.27. The van der Waals surface area contributed by atoms with Gasteiger partial charge in [-0.2, -0.15) is 0 Å². The molecule has 1 aromatic carbocycles. The number of urea groups is 1. The van der Waals surface area contributed by atoms with Gasteiger partial charge in [-0.05, 0) is 30.2 Å². The summed E-state index contributed by atoms with van der Waals surface area (Å²) in [6.45, 7) is 1.94. The third-order valence-electron chi connectivity index (χ3n) is 2.44. The Hall–Kier alpha value is -2.62. The first-order valence-electron chi connectivity index (χ1n) is 5.96. The van der Waals surface area contributed by atoms with E-state index in [0.29, 0.717) is 5.82 Å². The van der Waals surface area contributed by atoms with Gasteiger partial charge in [-0.25, -0.2) is 9.78 Å². The number of nitrogens with zero attached hydrogens (tertiary/aromatic N) is 1. The van der Waals surface area contributed by atoms with Crippen molar-refractivity contribution in [3.05, 3.63) is 66.0 Å². The number of hydrogen-bond donors (Lipinski definition) is 2. The van der Waals surface area contributed by atoms with Crippen molar-refractivity contribution in [1.82, 2.24) is 10.3 Å². The van der Waals surface area contributed by atoms with E-state index in [1.165, 1.54) is 0 Å². The molecule has 19 heavy (non-hydrogen) atoms. The van der Waals surface area contributed by atoms with Crippen molar-refractivity contribution in [2.75, 3.05) is 5.32 Å². The van der Waals surface area contributed by atoms with Crippen molar-refractivity contribution in [3.8, 4) is 0 Å². The van der Waals surface area contributed by atoms with Crippen molar-refractivity contribution in [2.24, 2.45) is 0 Å². The van der Waals surface area contributed by atoms with Gasteiger partial charge in [-0.15, -0.1) is 0 Å². The number of hydrogen-bond acceptors (Lipinski definition) is 2. The molecule has 4 nitrogen and oxygen atoms in total. The number of benzene rings is 1. The lowest BCUT2D eigenvalue weighted by atomic mass is 10.2. The molecule has 0 unspecified atom stereocenters. The van der Waals surface area contributed by atoms with E-state index in [9.17, 15) is 4.79 Å². The summed E-state index contributed by atoms with van der Waals surface area (Å²) in [6, 6.07) is 13.1. The average Bonchev–Trinajstić information content (AvgIpc) is 2.43. The molecule has 0 radical (unpaired) electrons. The highest BCUT2D eigenvalue weighted by Crippen LogP contribution is 2.03. The Bertz CT molecular complexity index is 562. The van der Waals surface area contributed by atoms with Crippen LogP contribution in [0, 0.1) is 6.92 Å². The molecular weight excluding hydrogens is 238 g/mol. The third-order valence-corrected chi connectivity index (χ3v) is 2.44. The van der Waals surface area contributed by atoms with E-state index >= 15 is 0 Å². The van der Waals surface area contributed by atoms with Crippen LogP contribution < -0.4 is 10.6 Å². The summed E-state index contributed by atoms with van der Waals surface area (Å²) in [5.41, 5.74) is 2.08. The highest BCUT2D eigenvalue weighted by molar-refractivity contribution is 5.89. The summed E-state index contributed by atoms with van der Waals surface area (Å²) in [4.78, 5) is 15.7. The minimum absolute atomic E-state index is 0.316. The SMILES string of the molecule is Cc1ccc(NC(=O)N/C=C/c2ccccc2)nc1. The fraction of sp³-hybridized carbons (Fsp3) is 0.0667. The van der Waals surface area contributed by atoms with Gasteiger partial charge in [0, 0.05) is 12.4 Å². The van der Waals surface area contributed by atoms with Crippen LogP contribution in [0.15, 0.2) is 54.9 Å². The smallest absolute Gasteiger partial charge is 0.314 e. The van der Waals surface area contributed by atoms with Gasteiger partial charge in [-0.1, -0.05) is 36.4 Å². The van der Waals surface area contributed by atoms with Crippen LogP contribution in [0.2, 0.25) is 0 Å². The van der Waals surface area contributed by atoms with Crippen LogP contribution in [0.3, 0.4) is 0 Å². The van der Waals surface area contributed by atoms with E-state index in [0.717, 1.165) is 11.1 Å². The minimum Gasteiger partial charge on any atom is -0.314 e. The normalized spacial score (nSPS) is 10.4. The lowest BCUT2D eigenvalue weighted by molar-refractivity contribution is 0.255. The molecule has 0 aliphatic heterocycles. The molecule has 2 rings (SSSR count). The number of rotatable bonds is 3. The number of pyridine rings is 1. The van der Waals surface area contributed by atoms with Gasteiger partial charge in [0.05, 0.1) is 0 Å². The first-order chi connectivity index (χ1) is 9.24. The molecule has 0 spiro atoms. The third kappa shape index (κ3) is 4.27. The first-order valence-corrected chi connectivity index (χ1v) is 5.96. The number of aryl methyl sites for hydroxylation is 1. The number of carbonyl (C=O) groups is 1. The van der Waals surface area contributed by atoms with Crippen LogP contribution in [0.25, 0.3) is 6.08 Å². The van der Waals surface area contributed by atoms with Gasteiger partial charge in [0.2, 0.25) is 0 Å². The van der Waals surface area contributed by atoms with E-state index in [-0.39, 0.29) is 6.03 Å². The minimum atomic E-state index is -0.316. The second-order valence-corrected chi connectivity index (χ2v) is 4.06. The Balaban J connectivity index is 1.85. The highest BCUT2D eigenvalue weighted by Gasteiger charge is 1.99. The molecule has 0 fully saturated rings. The van der Waals surface area contributed by atoms with Crippen molar-refractivity contribution in [2.45, 2.75) is 6.92 Å². The molecule has 0 aliphatic rings. The Kier molecular flexibility index (Phi) is 4.29. The predicted octanol–water partition coefficient (Wildman–Crippen LogP) is 3.18. The maximum absolute atomic E-state index is 11.6. The van der Waals surface area contributed by atoms with E-state index < -0.39 is 0 Å². The second kappa shape index (κ2) is 6.35.